The first-order chi connectivity index (χ1) is 13.8. The third-order valence-electron chi connectivity index (χ3n) is 4.42. The zero-order chi connectivity index (χ0) is 21.6. The minimum Gasteiger partial charge on any atom is -0.433 e. The first-order valence-electron chi connectivity index (χ1n) is 9.09. The van der Waals surface area contributed by atoms with Crippen LogP contribution >= 0.6 is 0 Å². The first-order valence-corrected chi connectivity index (χ1v) is 9.09. The molecule has 1 fully saturated rings. The van der Waals surface area contributed by atoms with Gasteiger partial charge in [0.1, 0.15) is 6.61 Å². The maximum atomic E-state index is 12.9. The molecule has 1 aliphatic rings. The number of morpholine rings is 1. The highest BCUT2D eigenvalue weighted by molar-refractivity contribution is 6.09. The van der Waals surface area contributed by atoms with Crippen LogP contribution in [0.2, 0.25) is 0 Å². The smallest absolute Gasteiger partial charge is 0.387 e. The van der Waals surface area contributed by atoms with E-state index in [9.17, 15) is 23.2 Å². The van der Waals surface area contributed by atoms with E-state index in [4.69, 9.17) is 10.5 Å². The summed E-state index contributed by atoms with van der Waals surface area (Å²) in [6, 6.07) is 2.76. The average Bonchev–Trinajstić information content (AvgIpc) is 2.66. The van der Waals surface area contributed by atoms with Crippen LogP contribution in [0, 0.1) is 0 Å². The van der Waals surface area contributed by atoms with Crippen LogP contribution in [0.4, 0.5) is 20.2 Å². The predicted octanol–water partition coefficient (Wildman–Crippen LogP) is 0.785. The van der Waals surface area contributed by atoms with Gasteiger partial charge in [-0.1, -0.05) is 13.8 Å². The number of nitrogens with two attached hydrogens (primary N) is 1. The molecule has 11 heteroatoms. The molecule has 0 aromatic heterocycles. The Labute approximate surface area is 166 Å². The molecule has 1 atom stereocenters. The minimum atomic E-state index is -3.13. The van der Waals surface area contributed by atoms with Crippen LogP contribution in [0.3, 0.4) is 0 Å². The standard InChI is InChI=1S/C18H24F2N4O5/c1-3-23(4-2)15(16(21)26)17(27)22-11-5-6-12(13(9-11)29-18(19)20)24-7-8-28-10-14(24)25/h5-6,9,15,18H,3-4,7-8,10H2,1-2H3,(H2,21,26)(H,22,27)/t15-/m0/s1. The molecule has 1 aliphatic heterocycles. The Kier molecular flexibility index (Phi) is 7.85. The monoisotopic (exact) mass is 414 g/mol. The molecular formula is C18H24F2N4O5. The molecule has 1 aromatic rings. The van der Waals surface area contributed by atoms with Crippen LogP contribution in [-0.4, -0.2) is 68.1 Å². The van der Waals surface area contributed by atoms with Crippen molar-refractivity contribution >= 4 is 29.1 Å². The Bertz CT molecular complexity index is 758. The van der Waals surface area contributed by atoms with Gasteiger partial charge in [0.25, 0.3) is 11.8 Å². The number of rotatable bonds is 9. The Balaban J connectivity index is 2.30. The number of carbonyl (C=O) groups is 3. The van der Waals surface area contributed by atoms with Gasteiger partial charge in [-0.2, -0.15) is 8.78 Å². The van der Waals surface area contributed by atoms with E-state index in [0.717, 1.165) is 0 Å². The van der Waals surface area contributed by atoms with Gasteiger partial charge in [0.05, 0.1) is 12.3 Å². The van der Waals surface area contributed by atoms with Gasteiger partial charge in [0.15, 0.2) is 11.8 Å². The van der Waals surface area contributed by atoms with Crippen LogP contribution < -0.4 is 20.7 Å². The number of nitrogens with zero attached hydrogens (tertiary/aromatic N) is 2. The van der Waals surface area contributed by atoms with E-state index in [0.29, 0.717) is 13.1 Å². The molecular weight excluding hydrogens is 390 g/mol. The fourth-order valence-corrected chi connectivity index (χ4v) is 3.05. The van der Waals surface area contributed by atoms with E-state index >= 15 is 0 Å². The number of amides is 3. The highest BCUT2D eigenvalue weighted by atomic mass is 19.3. The number of hydrogen-bond donors (Lipinski definition) is 2. The summed E-state index contributed by atoms with van der Waals surface area (Å²) in [5, 5.41) is 2.49. The molecule has 1 aromatic carbocycles. The second kappa shape index (κ2) is 10.1. The summed E-state index contributed by atoms with van der Waals surface area (Å²) >= 11 is 0. The quantitative estimate of drug-likeness (QED) is 0.578. The Hall–Kier alpha value is -2.79. The molecule has 29 heavy (non-hydrogen) atoms. The van der Waals surface area contributed by atoms with Crippen molar-refractivity contribution in [2.75, 3.05) is 43.1 Å². The van der Waals surface area contributed by atoms with Crippen molar-refractivity contribution in [2.45, 2.75) is 26.5 Å². The molecule has 9 nitrogen and oxygen atoms in total. The molecule has 1 heterocycles. The van der Waals surface area contributed by atoms with Crippen LogP contribution in [0.25, 0.3) is 0 Å². The molecule has 0 radical (unpaired) electrons. The van der Waals surface area contributed by atoms with Gasteiger partial charge in [-0.15, -0.1) is 0 Å². The lowest BCUT2D eigenvalue weighted by molar-refractivity contribution is -0.132. The van der Waals surface area contributed by atoms with Crippen molar-refractivity contribution < 1.29 is 32.6 Å². The molecule has 0 aliphatic carbocycles. The SMILES string of the molecule is CCN(CC)[C@@H](C(N)=O)C(=O)Nc1ccc(N2CCOCC2=O)c(OC(F)F)c1. The van der Waals surface area contributed by atoms with Gasteiger partial charge in [-0.05, 0) is 25.2 Å². The number of alkyl halides is 2. The van der Waals surface area contributed by atoms with Gasteiger partial charge >= 0.3 is 6.61 Å². The summed E-state index contributed by atoms with van der Waals surface area (Å²) in [6.45, 7) is 1.50. The first kappa shape index (κ1) is 22.5. The van der Waals surface area contributed by atoms with Gasteiger partial charge < -0.3 is 25.4 Å². The topological polar surface area (TPSA) is 114 Å². The van der Waals surface area contributed by atoms with Crippen LogP contribution in [0.5, 0.6) is 5.75 Å². The van der Waals surface area contributed by atoms with Gasteiger partial charge in [-0.3, -0.25) is 19.3 Å². The molecule has 3 N–H and O–H groups in total. The molecule has 1 saturated heterocycles. The summed E-state index contributed by atoms with van der Waals surface area (Å²) in [5.41, 5.74) is 5.61. The minimum absolute atomic E-state index is 0.119. The van der Waals surface area contributed by atoms with Gasteiger partial charge in [0, 0.05) is 18.3 Å². The van der Waals surface area contributed by atoms with Crippen LogP contribution in [0.1, 0.15) is 13.8 Å². The van der Waals surface area contributed by atoms with E-state index in [2.05, 4.69) is 10.1 Å². The molecule has 3 amide bonds. The second-order valence-electron chi connectivity index (χ2n) is 6.17. The van der Waals surface area contributed by atoms with E-state index in [-0.39, 0.29) is 36.9 Å². The molecule has 160 valence electrons. The number of halogens is 2. The molecule has 0 spiro atoms. The number of anilines is 2. The van der Waals surface area contributed by atoms with E-state index in [1.807, 2.05) is 0 Å². The van der Waals surface area contributed by atoms with Crippen LogP contribution in [0.15, 0.2) is 18.2 Å². The lowest BCUT2D eigenvalue weighted by Crippen LogP contribution is -2.52. The predicted molar refractivity (Wildman–Crippen MR) is 101 cm³/mol. The fraction of sp³-hybridized carbons (Fsp3) is 0.500. The summed E-state index contributed by atoms with van der Waals surface area (Å²) in [4.78, 5) is 39.2. The number of hydrogen-bond acceptors (Lipinski definition) is 6. The number of ether oxygens (including phenoxy) is 2. The van der Waals surface area contributed by atoms with E-state index in [1.165, 1.54) is 23.1 Å². The van der Waals surface area contributed by atoms with Crippen molar-refractivity contribution in [3.8, 4) is 5.75 Å². The third kappa shape index (κ3) is 5.61. The van der Waals surface area contributed by atoms with Crippen molar-refractivity contribution in [1.82, 2.24) is 4.90 Å². The lowest BCUT2D eigenvalue weighted by Gasteiger charge is -2.29. The summed E-state index contributed by atoms with van der Waals surface area (Å²) < 4.78 is 35.4. The third-order valence-corrected chi connectivity index (χ3v) is 4.42. The number of carbonyl (C=O) groups excluding carboxylic acids is 3. The van der Waals surface area contributed by atoms with Crippen molar-refractivity contribution in [2.24, 2.45) is 5.73 Å². The zero-order valence-corrected chi connectivity index (χ0v) is 16.2. The van der Waals surface area contributed by atoms with E-state index < -0.39 is 30.4 Å². The van der Waals surface area contributed by atoms with Crippen molar-refractivity contribution in [1.29, 1.82) is 0 Å². The van der Waals surface area contributed by atoms with E-state index in [1.54, 1.807) is 18.7 Å². The Morgan fingerprint density at radius 1 is 1.34 bits per heavy atom. The van der Waals surface area contributed by atoms with Crippen molar-refractivity contribution in [3.05, 3.63) is 18.2 Å². The zero-order valence-electron chi connectivity index (χ0n) is 16.2. The highest BCUT2D eigenvalue weighted by Crippen LogP contribution is 2.33. The number of likely N-dealkylation sites (N-methyl/N-ethyl adjacent to an activating group) is 1. The maximum Gasteiger partial charge on any atom is 0.387 e. The Morgan fingerprint density at radius 2 is 2.03 bits per heavy atom. The summed E-state index contributed by atoms with van der Waals surface area (Å²) in [7, 11) is 0. The molecule has 0 unspecified atom stereocenters. The van der Waals surface area contributed by atoms with Gasteiger partial charge in [-0.25, -0.2) is 0 Å². The summed E-state index contributed by atoms with van der Waals surface area (Å²) in [5.74, 6) is -2.21. The normalized spacial score (nSPS) is 15.5. The number of primary amides is 1. The second-order valence-corrected chi connectivity index (χ2v) is 6.17. The lowest BCUT2D eigenvalue weighted by atomic mass is 10.2. The van der Waals surface area contributed by atoms with Crippen LogP contribution in [-0.2, 0) is 19.1 Å². The molecule has 2 rings (SSSR count). The fourth-order valence-electron chi connectivity index (χ4n) is 3.05. The molecule has 0 bridgehead atoms. The highest BCUT2D eigenvalue weighted by Gasteiger charge is 2.30. The van der Waals surface area contributed by atoms with Gasteiger partial charge in [0.2, 0.25) is 5.91 Å². The average molecular weight is 414 g/mol. The molecule has 0 saturated carbocycles. The number of benzene rings is 1. The largest absolute Gasteiger partial charge is 0.433 e. The Morgan fingerprint density at radius 3 is 2.59 bits per heavy atom. The number of nitrogens with one attached hydrogen (secondary N) is 1. The maximum absolute atomic E-state index is 12.9. The summed E-state index contributed by atoms with van der Waals surface area (Å²) in [6.07, 6.45) is 0. The van der Waals surface area contributed by atoms with Crippen molar-refractivity contribution in [3.63, 3.8) is 0 Å².